The third-order valence-electron chi connectivity index (χ3n) is 5.17. The molecule has 0 saturated heterocycles. The zero-order valence-electron chi connectivity index (χ0n) is 15.9. The van der Waals surface area contributed by atoms with Crippen molar-refractivity contribution in [3.05, 3.63) is 52.7 Å². The first-order valence-corrected chi connectivity index (χ1v) is 9.09. The number of primary amides is 1. The lowest BCUT2D eigenvalue weighted by Crippen LogP contribution is -2.46. The number of carbonyl (C=O) groups excluding carboxylic acids is 2. The first-order chi connectivity index (χ1) is 14.2. The number of nitrogens with two attached hydrogens (primary N) is 1. The van der Waals surface area contributed by atoms with Crippen LogP contribution in [0.5, 0.6) is 0 Å². The molecule has 10 heteroatoms. The number of hydrogen-bond donors (Lipinski definition) is 3. The molecule has 8 nitrogen and oxygen atoms in total. The summed E-state index contributed by atoms with van der Waals surface area (Å²) < 4.78 is 30.0. The van der Waals surface area contributed by atoms with Gasteiger partial charge in [0.05, 0.1) is 12.6 Å². The second-order valence-electron chi connectivity index (χ2n) is 6.92. The molecule has 0 spiro atoms. The summed E-state index contributed by atoms with van der Waals surface area (Å²) in [6.45, 7) is 0.877. The molecule has 158 valence electrons. The summed E-state index contributed by atoms with van der Waals surface area (Å²) in [7, 11) is 0. The summed E-state index contributed by atoms with van der Waals surface area (Å²) in [5, 5.41) is 18.1. The van der Waals surface area contributed by atoms with E-state index in [0.717, 1.165) is 4.90 Å². The number of rotatable bonds is 7. The van der Waals surface area contributed by atoms with Crippen LogP contribution in [0.25, 0.3) is 11.3 Å². The van der Waals surface area contributed by atoms with E-state index in [4.69, 9.17) is 10.8 Å². The number of pyridine rings is 1. The Kier molecular flexibility index (Phi) is 5.79. The summed E-state index contributed by atoms with van der Waals surface area (Å²) >= 11 is 0. The highest BCUT2D eigenvalue weighted by Gasteiger charge is 2.43. The SMILES string of the molecule is CC1c2c(ccc(-c3nccc(CO)c3F)c2F)C(=O)N1C(CCC(=O)O)C(N)=O. The number of fused-ring (bicyclic) bond motifs is 1. The van der Waals surface area contributed by atoms with Crippen LogP contribution < -0.4 is 5.73 Å². The number of hydrogen-bond acceptors (Lipinski definition) is 5. The lowest BCUT2D eigenvalue weighted by molar-refractivity contribution is -0.137. The second-order valence-corrected chi connectivity index (χ2v) is 6.92. The average Bonchev–Trinajstić information content (AvgIpc) is 2.94. The van der Waals surface area contributed by atoms with Crippen molar-refractivity contribution in [1.82, 2.24) is 9.88 Å². The number of aromatic nitrogens is 1. The van der Waals surface area contributed by atoms with Gasteiger partial charge in [0.15, 0.2) is 5.82 Å². The van der Waals surface area contributed by atoms with E-state index in [1.54, 1.807) is 0 Å². The molecule has 0 fully saturated rings. The van der Waals surface area contributed by atoms with Crippen LogP contribution in [0.2, 0.25) is 0 Å². The third-order valence-corrected chi connectivity index (χ3v) is 5.17. The molecule has 2 heterocycles. The minimum absolute atomic E-state index is 0.0240. The molecular formula is C20H19F2N3O5. The number of halogens is 2. The average molecular weight is 419 g/mol. The number of carboxylic acid groups (broad SMARTS) is 1. The summed E-state index contributed by atoms with van der Waals surface area (Å²) in [5.74, 6) is -4.53. The summed E-state index contributed by atoms with van der Waals surface area (Å²) in [6, 6.07) is 1.58. The molecule has 30 heavy (non-hydrogen) atoms. The maximum Gasteiger partial charge on any atom is 0.303 e. The summed E-state index contributed by atoms with van der Waals surface area (Å²) in [5.41, 5.74) is 4.70. The molecule has 1 aliphatic heterocycles. The van der Waals surface area contributed by atoms with Gasteiger partial charge in [0.2, 0.25) is 5.91 Å². The van der Waals surface area contributed by atoms with Crippen molar-refractivity contribution in [1.29, 1.82) is 0 Å². The minimum Gasteiger partial charge on any atom is -0.481 e. The normalized spacial score (nSPS) is 16.5. The highest BCUT2D eigenvalue weighted by atomic mass is 19.1. The first-order valence-electron chi connectivity index (χ1n) is 9.09. The number of benzene rings is 1. The van der Waals surface area contributed by atoms with E-state index in [2.05, 4.69) is 4.98 Å². The number of aliphatic hydroxyl groups excluding tert-OH is 1. The van der Waals surface area contributed by atoms with Crippen molar-refractivity contribution in [2.75, 3.05) is 0 Å². The Hall–Kier alpha value is -3.40. The fourth-order valence-corrected chi connectivity index (χ4v) is 3.71. The summed E-state index contributed by atoms with van der Waals surface area (Å²) in [6.07, 6.45) is 0.599. The molecule has 0 radical (unpaired) electrons. The van der Waals surface area contributed by atoms with E-state index < -0.39 is 54.5 Å². The molecule has 1 aromatic carbocycles. The lowest BCUT2D eigenvalue weighted by Gasteiger charge is -2.29. The third kappa shape index (κ3) is 3.50. The number of aliphatic carboxylic acids is 1. The lowest BCUT2D eigenvalue weighted by atomic mass is 9.98. The van der Waals surface area contributed by atoms with Gasteiger partial charge in [-0.15, -0.1) is 0 Å². The van der Waals surface area contributed by atoms with Gasteiger partial charge in [0, 0.05) is 34.9 Å². The van der Waals surface area contributed by atoms with Gasteiger partial charge in [-0.1, -0.05) is 0 Å². The fourth-order valence-electron chi connectivity index (χ4n) is 3.71. The molecule has 0 saturated carbocycles. The van der Waals surface area contributed by atoms with Crippen molar-refractivity contribution in [3.63, 3.8) is 0 Å². The van der Waals surface area contributed by atoms with Crippen LogP contribution in [0.4, 0.5) is 8.78 Å². The quantitative estimate of drug-likeness (QED) is 0.626. The molecule has 1 aliphatic rings. The molecule has 0 aliphatic carbocycles. The van der Waals surface area contributed by atoms with Crippen LogP contribution in [-0.4, -0.2) is 43.9 Å². The van der Waals surface area contributed by atoms with Gasteiger partial charge in [-0.05, 0) is 31.5 Å². The smallest absolute Gasteiger partial charge is 0.303 e. The van der Waals surface area contributed by atoms with Crippen LogP contribution in [0.1, 0.15) is 47.3 Å². The van der Waals surface area contributed by atoms with Gasteiger partial charge < -0.3 is 20.8 Å². The van der Waals surface area contributed by atoms with Gasteiger partial charge >= 0.3 is 5.97 Å². The Balaban J connectivity index is 2.07. The fraction of sp³-hybridized carbons (Fsp3) is 0.300. The highest BCUT2D eigenvalue weighted by Crippen LogP contribution is 2.40. The van der Waals surface area contributed by atoms with E-state index in [0.29, 0.717) is 0 Å². The van der Waals surface area contributed by atoms with Crippen molar-refractivity contribution in [3.8, 4) is 11.3 Å². The van der Waals surface area contributed by atoms with Crippen LogP contribution in [0.3, 0.4) is 0 Å². The summed E-state index contributed by atoms with van der Waals surface area (Å²) in [4.78, 5) is 40.5. The monoisotopic (exact) mass is 419 g/mol. The van der Waals surface area contributed by atoms with Gasteiger partial charge in [0.25, 0.3) is 5.91 Å². The number of carbonyl (C=O) groups is 3. The molecule has 2 atom stereocenters. The second kappa shape index (κ2) is 8.15. The van der Waals surface area contributed by atoms with Gasteiger partial charge in [-0.25, -0.2) is 8.78 Å². The zero-order valence-corrected chi connectivity index (χ0v) is 15.9. The zero-order chi connectivity index (χ0) is 22.2. The van der Waals surface area contributed by atoms with E-state index in [1.165, 1.54) is 31.3 Å². The molecule has 4 N–H and O–H groups in total. The predicted molar refractivity (Wildman–Crippen MR) is 99.9 cm³/mol. The molecule has 0 bridgehead atoms. The Morgan fingerprint density at radius 2 is 1.90 bits per heavy atom. The van der Waals surface area contributed by atoms with Crippen molar-refractivity contribution >= 4 is 17.8 Å². The predicted octanol–water partition coefficient (Wildman–Crippen LogP) is 1.75. The van der Waals surface area contributed by atoms with E-state index >= 15 is 4.39 Å². The van der Waals surface area contributed by atoms with Gasteiger partial charge in [0.1, 0.15) is 17.6 Å². The molecule has 1 aromatic heterocycles. The van der Waals surface area contributed by atoms with Crippen LogP contribution in [0.15, 0.2) is 24.4 Å². The van der Waals surface area contributed by atoms with E-state index in [1.807, 2.05) is 0 Å². The molecule has 2 amide bonds. The van der Waals surface area contributed by atoms with Gasteiger partial charge in [-0.2, -0.15) is 0 Å². The number of aliphatic hydroxyl groups is 1. The molecule has 2 unspecified atom stereocenters. The molecular weight excluding hydrogens is 400 g/mol. The number of nitrogens with zero attached hydrogens (tertiary/aromatic N) is 2. The van der Waals surface area contributed by atoms with Crippen LogP contribution >= 0.6 is 0 Å². The Morgan fingerprint density at radius 3 is 2.50 bits per heavy atom. The first kappa shape index (κ1) is 21.3. The maximum atomic E-state index is 15.4. The number of carboxylic acids is 1. The van der Waals surface area contributed by atoms with Crippen molar-refractivity contribution in [2.24, 2.45) is 5.73 Å². The van der Waals surface area contributed by atoms with Crippen LogP contribution in [-0.2, 0) is 16.2 Å². The minimum atomic E-state index is -1.24. The maximum absolute atomic E-state index is 15.4. The Bertz CT molecular complexity index is 1040. The van der Waals surface area contributed by atoms with Crippen molar-refractivity contribution < 1.29 is 33.4 Å². The van der Waals surface area contributed by atoms with E-state index in [-0.39, 0.29) is 34.4 Å². The highest BCUT2D eigenvalue weighted by molar-refractivity contribution is 6.02. The number of amides is 2. The van der Waals surface area contributed by atoms with Gasteiger partial charge in [-0.3, -0.25) is 19.4 Å². The topological polar surface area (TPSA) is 134 Å². The van der Waals surface area contributed by atoms with Crippen molar-refractivity contribution in [2.45, 2.75) is 38.5 Å². The van der Waals surface area contributed by atoms with Crippen LogP contribution in [0, 0.1) is 11.6 Å². The standard InChI is InChI=1S/C20H19F2N3O5/c1-9-15-11(20(30)25(9)13(19(23)29)4-5-14(27)28)2-3-12(17(15)22)18-16(21)10(8-26)6-7-24-18/h2-3,6-7,9,13,26H,4-5,8H2,1H3,(H2,23,29)(H,27,28). The van der Waals surface area contributed by atoms with E-state index in [9.17, 15) is 23.9 Å². The Morgan fingerprint density at radius 1 is 1.23 bits per heavy atom. The molecule has 3 rings (SSSR count). The Labute approximate surface area is 169 Å². The largest absolute Gasteiger partial charge is 0.481 e. The molecule has 2 aromatic rings.